The number of carbonyl (C=O) groups is 1. The topological polar surface area (TPSA) is 49.3 Å². The van der Waals surface area contributed by atoms with Crippen molar-refractivity contribution in [3.8, 4) is 0 Å². The Morgan fingerprint density at radius 3 is 2.76 bits per heavy atom. The van der Waals surface area contributed by atoms with Gasteiger partial charge in [-0.25, -0.2) is 0 Å². The first kappa shape index (κ1) is 19.2. The summed E-state index contributed by atoms with van der Waals surface area (Å²) >= 11 is 0. The lowest BCUT2D eigenvalue weighted by Crippen LogP contribution is -2.26. The van der Waals surface area contributed by atoms with Gasteiger partial charge in [0.2, 0.25) is 0 Å². The molecule has 5 heteroatoms. The number of carboxylic acid groups (broad SMARTS) is 1. The third-order valence-corrected chi connectivity index (χ3v) is 6.81. The summed E-state index contributed by atoms with van der Waals surface area (Å²) in [5, 5.41) is 13.3. The third-order valence-electron chi connectivity index (χ3n) is 3.81. The maximum atomic E-state index is 10.9. The van der Waals surface area contributed by atoms with Gasteiger partial charge in [0.25, 0.3) is 0 Å². The van der Waals surface area contributed by atoms with Crippen LogP contribution in [0.3, 0.4) is 0 Å². The summed E-state index contributed by atoms with van der Waals surface area (Å²) in [5.41, 5.74) is 0. The summed E-state index contributed by atoms with van der Waals surface area (Å²) in [5.74, 6) is 1.50. The zero-order valence-electron chi connectivity index (χ0n) is 13.5. The number of unbranched alkanes of at least 4 members (excludes halogenated alkanes) is 2. The quantitative estimate of drug-likeness (QED) is 0.409. The minimum absolute atomic E-state index is 0.273. The van der Waals surface area contributed by atoms with E-state index in [0.29, 0.717) is 12.3 Å². The van der Waals surface area contributed by atoms with Crippen LogP contribution in [-0.2, 0) is 4.79 Å². The summed E-state index contributed by atoms with van der Waals surface area (Å²) in [6.07, 6.45) is 7.89. The molecule has 0 aromatic rings. The van der Waals surface area contributed by atoms with Crippen LogP contribution in [0.4, 0.5) is 0 Å². The molecule has 124 valence electrons. The van der Waals surface area contributed by atoms with E-state index in [9.17, 15) is 4.79 Å². The van der Waals surface area contributed by atoms with Gasteiger partial charge in [-0.15, -0.1) is 0 Å². The van der Waals surface area contributed by atoms with Crippen molar-refractivity contribution in [1.29, 1.82) is 0 Å². The molecule has 0 spiro atoms. The molecule has 1 aliphatic rings. The van der Waals surface area contributed by atoms with E-state index in [2.05, 4.69) is 30.0 Å². The van der Waals surface area contributed by atoms with Crippen LogP contribution in [0.15, 0.2) is 0 Å². The number of hydrogen-bond acceptors (Lipinski definition) is 4. The zero-order valence-corrected chi connectivity index (χ0v) is 15.1. The van der Waals surface area contributed by atoms with Crippen LogP contribution in [0.2, 0.25) is 0 Å². The summed E-state index contributed by atoms with van der Waals surface area (Å²) < 4.78 is 0. The van der Waals surface area contributed by atoms with E-state index in [-0.39, 0.29) is 5.92 Å². The fraction of sp³-hybridized carbons (Fsp3) is 0.938. The highest BCUT2D eigenvalue weighted by Crippen LogP contribution is 2.39. The molecule has 0 aliphatic carbocycles. The minimum Gasteiger partial charge on any atom is -0.481 e. The molecule has 0 unspecified atom stereocenters. The van der Waals surface area contributed by atoms with Crippen LogP contribution in [0.5, 0.6) is 0 Å². The molecule has 1 heterocycles. The Balaban J connectivity index is 1.98. The van der Waals surface area contributed by atoms with E-state index >= 15 is 0 Å². The first-order valence-electron chi connectivity index (χ1n) is 8.28. The highest BCUT2D eigenvalue weighted by atomic mass is 33.1. The van der Waals surface area contributed by atoms with E-state index in [1.807, 2.05) is 10.8 Å². The third kappa shape index (κ3) is 10.5. The monoisotopic (exact) mass is 333 g/mol. The molecule has 3 nitrogen and oxygen atoms in total. The second-order valence-electron chi connectivity index (χ2n) is 6.48. The molecule has 1 fully saturated rings. The first-order valence-corrected chi connectivity index (χ1v) is 10.7. The molecule has 1 rings (SSSR count). The standard InChI is InChI=1S/C16H31NO2S2/c1-13(2)10-14(11-16(18)19)12-17-8-5-3-4-6-15-7-9-20-21-15/h13-15,17H,3-12H2,1-2H3,(H,18,19)/t14-,15+/m0/s1. The molecular formula is C16H31NO2S2. The Labute approximate surface area is 137 Å². The predicted octanol–water partition coefficient (Wildman–Crippen LogP) is 4.43. The molecular weight excluding hydrogens is 302 g/mol. The Hall–Kier alpha value is 0.130. The van der Waals surface area contributed by atoms with Gasteiger partial charge in [-0.05, 0) is 50.6 Å². The van der Waals surface area contributed by atoms with Crippen molar-refractivity contribution in [2.24, 2.45) is 11.8 Å². The van der Waals surface area contributed by atoms with E-state index in [1.165, 1.54) is 37.9 Å². The molecule has 0 aromatic heterocycles. The summed E-state index contributed by atoms with van der Waals surface area (Å²) in [4.78, 5) is 10.9. The second kappa shape index (κ2) is 11.7. The van der Waals surface area contributed by atoms with E-state index in [1.54, 1.807) is 0 Å². The molecule has 0 bridgehead atoms. The smallest absolute Gasteiger partial charge is 0.303 e. The van der Waals surface area contributed by atoms with Crippen molar-refractivity contribution in [1.82, 2.24) is 5.32 Å². The lowest BCUT2D eigenvalue weighted by atomic mass is 9.94. The Morgan fingerprint density at radius 1 is 1.33 bits per heavy atom. The Kier molecular flexibility index (Phi) is 10.7. The van der Waals surface area contributed by atoms with Gasteiger partial charge < -0.3 is 10.4 Å². The molecule has 1 saturated heterocycles. The van der Waals surface area contributed by atoms with Gasteiger partial charge in [0, 0.05) is 17.4 Å². The molecule has 0 amide bonds. The molecule has 1 aliphatic heterocycles. The van der Waals surface area contributed by atoms with Crippen LogP contribution in [0.25, 0.3) is 0 Å². The molecule has 2 atom stereocenters. The van der Waals surface area contributed by atoms with Gasteiger partial charge in [0.1, 0.15) is 0 Å². The minimum atomic E-state index is -0.672. The second-order valence-corrected chi connectivity index (χ2v) is 9.26. The van der Waals surface area contributed by atoms with Gasteiger partial charge in [0.15, 0.2) is 0 Å². The SMILES string of the molecule is CC(C)C[C@H](CNCCCCC[C@@H]1CCSS1)CC(=O)O. The van der Waals surface area contributed by atoms with Crippen LogP contribution in [-0.4, -0.2) is 35.2 Å². The number of aliphatic carboxylic acids is 1. The Bertz CT molecular complexity index is 281. The van der Waals surface area contributed by atoms with Crippen molar-refractivity contribution in [3.63, 3.8) is 0 Å². The lowest BCUT2D eigenvalue weighted by molar-refractivity contribution is -0.138. The number of hydrogen-bond donors (Lipinski definition) is 2. The zero-order chi connectivity index (χ0) is 15.5. The lowest BCUT2D eigenvalue weighted by Gasteiger charge is -2.17. The maximum absolute atomic E-state index is 10.9. The van der Waals surface area contributed by atoms with E-state index < -0.39 is 5.97 Å². The van der Waals surface area contributed by atoms with Crippen LogP contribution < -0.4 is 5.32 Å². The van der Waals surface area contributed by atoms with Gasteiger partial charge in [-0.1, -0.05) is 48.3 Å². The molecule has 2 N–H and O–H groups in total. The van der Waals surface area contributed by atoms with Crippen molar-refractivity contribution in [2.45, 2.75) is 64.0 Å². The van der Waals surface area contributed by atoms with Gasteiger partial charge in [-0.2, -0.15) is 0 Å². The fourth-order valence-electron chi connectivity index (χ4n) is 2.82. The maximum Gasteiger partial charge on any atom is 0.303 e. The Morgan fingerprint density at radius 2 is 2.14 bits per heavy atom. The van der Waals surface area contributed by atoms with Crippen molar-refractivity contribution < 1.29 is 9.90 Å². The first-order chi connectivity index (χ1) is 10.1. The number of carboxylic acids is 1. The molecule has 0 saturated carbocycles. The fourth-order valence-corrected chi connectivity index (χ4v) is 5.85. The van der Waals surface area contributed by atoms with E-state index in [0.717, 1.165) is 24.8 Å². The van der Waals surface area contributed by atoms with Crippen molar-refractivity contribution >= 4 is 27.6 Å². The molecule has 0 aromatic carbocycles. The largest absolute Gasteiger partial charge is 0.481 e. The normalized spacial score (nSPS) is 20.0. The van der Waals surface area contributed by atoms with E-state index in [4.69, 9.17) is 5.11 Å². The average molecular weight is 334 g/mol. The highest BCUT2D eigenvalue weighted by molar-refractivity contribution is 8.77. The summed E-state index contributed by atoms with van der Waals surface area (Å²) in [6, 6.07) is 0. The highest BCUT2D eigenvalue weighted by Gasteiger charge is 2.16. The van der Waals surface area contributed by atoms with Crippen molar-refractivity contribution in [3.05, 3.63) is 0 Å². The van der Waals surface area contributed by atoms with Gasteiger partial charge >= 0.3 is 5.97 Å². The predicted molar refractivity (Wildman–Crippen MR) is 95.0 cm³/mol. The van der Waals surface area contributed by atoms with Crippen LogP contribution >= 0.6 is 21.6 Å². The van der Waals surface area contributed by atoms with Gasteiger partial charge in [0.05, 0.1) is 0 Å². The van der Waals surface area contributed by atoms with Crippen LogP contribution in [0, 0.1) is 11.8 Å². The van der Waals surface area contributed by atoms with Gasteiger partial charge in [-0.3, -0.25) is 4.79 Å². The van der Waals surface area contributed by atoms with Crippen molar-refractivity contribution in [2.75, 3.05) is 18.8 Å². The summed E-state index contributed by atoms with van der Waals surface area (Å²) in [7, 11) is 4.09. The molecule has 0 radical (unpaired) electrons. The molecule has 21 heavy (non-hydrogen) atoms. The number of nitrogens with one attached hydrogen (secondary N) is 1. The summed E-state index contributed by atoms with van der Waals surface area (Å²) in [6.45, 7) is 6.20. The average Bonchev–Trinajstić information content (AvgIpc) is 2.89. The number of rotatable bonds is 12. The van der Waals surface area contributed by atoms with Crippen LogP contribution in [0.1, 0.15) is 58.8 Å².